The second kappa shape index (κ2) is 6.13. The van der Waals surface area contributed by atoms with Crippen LogP contribution in [0.15, 0.2) is 33.4 Å². The van der Waals surface area contributed by atoms with E-state index in [1.807, 2.05) is 18.2 Å². The standard InChI is InChI=1S/C15H19N3O3/c1-16-15(19)11-4-6-18(7-5-11)10-12-9-14(21-17-12)13-3-2-8-20-13/h2-3,8-9,11H,4-7,10H2,1H3,(H,16,19). The van der Waals surface area contributed by atoms with E-state index < -0.39 is 0 Å². The molecule has 0 aromatic carbocycles. The Bertz CT molecular complexity index is 583. The number of piperidine rings is 1. The molecule has 0 saturated carbocycles. The number of hydrogen-bond donors (Lipinski definition) is 1. The predicted octanol–water partition coefficient (Wildman–Crippen LogP) is 1.89. The van der Waals surface area contributed by atoms with E-state index in [0.29, 0.717) is 11.5 Å². The van der Waals surface area contributed by atoms with Gasteiger partial charge in [-0.3, -0.25) is 9.69 Å². The molecule has 1 amide bonds. The summed E-state index contributed by atoms with van der Waals surface area (Å²) < 4.78 is 10.6. The SMILES string of the molecule is CNC(=O)C1CCN(Cc2cc(-c3ccco3)on2)CC1. The first-order chi connectivity index (χ1) is 10.3. The minimum atomic E-state index is 0.141. The molecule has 1 aliphatic rings. The molecule has 0 spiro atoms. The predicted molar refractivity (Wildman–Crippen MR) is 76.3 cm³/mol. The molecule has 1 saturated heterocycles. The average Bonchev–Trinajstić information content (AvgIpc) is 3.18. The van der Waals surface area contributed by atoms with Crippen LogP contribution in [0, 0.1) is 5.92 Å². The zero-order valence-electron chi connectivity index (χ0n) is 12.0. The highest BCUT2D eigenvalue weighted by Crippen LogP contribution is 2.23. The van der Waals surface area contributed by atoms with Gasteiger partial charge in [0, 0.05) is 25.6 Å². The minimum absolute atomic E-state index is 0.141. The fourth-order valence-corrected chi connectivity index (χ4v) is 2.71. The van der Waals surface area contributed by atoms with Crippen LogP contribution in [0.4, 0.5) is 0 Å². The minimum Gasteiger partial charge on any atom is -0.461 e. The third-order valence-corrected chi connectivity index (χ3v) is 3.91. The van der Waals surface area contributed by atoms with E-state index in [9.17, 15) is 4.79 Å². The van der Waals surface area contributed by atoms with Gasteiger partial charge in [0.25, 0.3) is 0 Å². The van der Waals surface area contributed by atoms with Gasteiger partial charge in [0.1, 0.15) is 0 Å². The Morgan fingerprint density at radius 3 is 2.90 bits per heavy atom. The number of likely N-dealkylation sites (tertiary alicyclic amines) is 1. The molecule has 3 rings (SSSR count). The van der Waals surface area contributed by atoms with Crippen molar-refractivity contribution in [2.45, 2.75) is 19.4 Å². The molecule has 0 aliphatic carbocycles. The summed E-state index contributed by atoms with van der Waals surface area (Å²) in [6, 6.07) is 5.57. The lowest BCUT2D eigenvalue weighted by molar-refractivity contribution is -0.125. The number of furan rings is 1. The van der Waals surface area contributed by atoms with E-state index in [1.54, 1.807) is 13.3 Å². The van der Waals surface area contributed by atoms with Crippen LogP contribution in [-0.2, 0) is 11.3 Å². The smallest absolute Gasteiger partial charge is 0.222 e. The summed E-state index contributed by atoms with van der Waals surface area (Å²) in [5.41, 5.74) is 0.889. The van der Waals surface area contributed by atoms with Crippen molar-refractivity contribution < 1.29 is 13.7 Å². The maximum Gasteiger partial charge on any atom is 0.222 e. The molecular formula is C15H19N3O3. The largest absolute Gasteiger partial charge is 0.461 e. The van der Waals surface area contributed by atoms with Crippen LogP contribution in [0.5, 0.6) is 0 Å². The molecule has 2 aromatic rings. The quantitative estimate of drug-likeness (QED) is 0.930. The second-order valence-corrected chi connectivity index (χ2v) is 5.32. The molecule has 0 radical (unpaired) electrons. The topological polar surface area (TPSA) is 71.5 Å². The van der Waals surface area contributed by atoms with E-state index in [2.05, 4.69) is 15.4 Å². The van der Waals surface area contributed by atoms with Gasteiger partial charge in [-0.25, -0.2) is 0 Å². The zero-order valence-corrected chi connectivity index (χ0v) is 12.0. The normalized spacial score (nSPS) is 17.0. The van der Waals surface area contributed by atoms with E-state index in [4.69, 9.17) is 8.94 Å². The van der Waals surface area contributed by atoms with Crippen molar-refractivity contribution in [3.63, 3.8) is 0 Å². The summed E-state index contributed by atoms with van der Waals surface area (Å²) >= 11 is 0. The fourth-order valence-electron chi connectivity index (χ4n) is 2.71. The molecule has 0 atom stereocenters. The van der Waals surface area contributed by atoms with Gasteiger partial charge in [0.05, 0.1) is 12.0 Å². The molecule has 0 unspecified atom stereocenters. The summed E-state index contributed by atoms with van der Waals surface area (Å²) in [6.45, 7) is 2.55. The van der Waals surface area contributed by atoms with Crippen molar-refractivity contribution in [1.82, 2.24) is 15.4 Å². The summed E-state index contributed by atoms with van der Waals surface area (Å²) in [6.07, 6.45) is 3.40. The van der Waals surface area contributed by atoms with Crippen LogP contribution in [0.25, 0.3) is 11.5 Å². The van der Waals surface area contributed by atoms with Crippen LogP contribution < -0.4 is 5.32 Å². The van der Waals surface area contributed by atoms with Gasteiger partial charge in [-0.1, -0.05) is 5.16 Å². The molecule has 1 N–H and O–H groups in total. The highest BCUT2D eigenvalue weighted by atomic mass is 16.5. The summed E-state index contributed by atoms with van der Waals surface area (Å²) in [5, 5.41) is 6.80. The number of hydrogen-bond acceptors (Lipinski definition) is 5. The number of amides is 1. The van der Waals surface area contributed by atoms with E-state index in [-0.39, 0.29) is 11.8 Å². The molecule has 6 heteroatoms. The van der Waals surface area contributed by atoms with Crippen LogP contribution in [-0.4, -0.2) is 36.1 Å². The lowest BCUT2D eigenvalue weighted by Gasteiger charge is -2.30. The number of aromatic nitrogens is 1. The van der Waals surface area contributed by atoms with Crippen molar-refractivity contribution in [1.29, 1.82) is 0 Å². The van der Waals surface area contributed by atoms with Crippen molar-refractivity contribution in [3.05, 3.63) is 30.2 Å². The Morgan fingerprint density at radius 2 is 2.24 bits per heavy atom. The first-order valence-electron chi connectivity index (χ1n) is 7.19. The van der Waals surface area contributed by atoms with Gasteiger partial charge < -0.3 is 14.3 Å². The highest BCUT2D eigenvalue weighted by Gasteiger charge is 2.24. The van der Waals surface area contributed by atoms with Crippen molar-refractivity contribution in [2.24, 2.45) is 5.92 Å². The van der Waals surface area contributed by atoms with Crippen LogP contribution in [0.3, 0.4) is 0 Å². The van der Waals surface area contributed by atoms with Gasteiger partial charge in [-0.15, -0.1) is 0 Å². The molecule has 21 heavy (non-hydrogen) atoms. The lowest BCUT2D eigenvalue weighted by atomic mass is 9.96. The number of nitrogens with zero attached hydrogens (tertiary/aromatic N) is 2. The summed E-state index contributed by atoms with van der Waals surface area (Å²) in [5.74, 6) is 1.63. The summed E-state index contributed by atoms with van der Waals surface area (Å²) in [4.78, 5) is 13.9. The number of nitrogens with one attached hydrogen (secondary N) is 1. The third kappa shape index (κ3) is 3.16. The number of rotatable bonds is 4. The molecule has 3 heterocycles. The molecule has 1 fully saturated rings. The van der Waals surface area contributed by atoms with Gasteiger partial charge in [-0.05, 0) is 38.1 Å². The molecular weight excluding hydrogens is 270 g/mol. The molecule has 2 aromatic heterocycles. The van der Waals surface area contributed by atoms with Gasteiger partial charge >= 0.3 is 0 Å². The van der Waals surface area contributed by atoms with Gasteiger partial charge in [0.15, 0.2) is 5.76 Å². The monoisotopic (exact) mass is 289 g/mol. The molecule has 6 nitrogen and oxygen atoms in total. The molecule has 1 aliphatic heterocycles. The van der Waals surface area contributed by atoms with E-state index in [1.165, 1.54) is 0 Å². The zero-order chi connectivity index (χ0) is 14.7. The first kappa shape index (κ1) is 13.9. The van der Waals surface area contributed by atoms with Crippen molar-refractivity contribution in [3.8, 4) is 11.5 Å². The molecule has 112 valence electrons. The van der Waals surface area contributed by atoms with Crippen molar-refractivity contribution in [2.75, 3.05) is 20.1 Å². The Kier molecular flexibility index (Phi) is 4.06. The fraction of sp³-hybridized carbons (Fsp3) is 0.467. The Labute approximate surface area is 123 Å². The first-order valence-corrected chi connectivity index (χ1v) is 7.19. The van der Waals surface area contributed by atoms with Crippen LogP contribution in [0.2, 0.25) is 0 Å². The van der Waals surface area contributed by atoms with Crippen LogP contribution >= 0.6 is 0 Å². The maximum atomic E-state index is 11.6. The highest BCUT2D eigenvalue weighted by molar-refractivity contribution is 5.78. The van der Waals surface area contributed by atoms with E-state index >= 15 is 0 Å². The second-order valence-electron chi connectivity index (χ2n) is 5.32. The van der Waals surface area contributed by atoms with Crippen LogP contribution in [0.1, 0.15) is 18.5 Å². The lowest BCUT2D eigenvalue weighted by Crippen LogP contribution is -2.39. The van der Waals surface area contributed by atoms with Gasteiger partial charge in [0.2, 0.25) is 11.7 Å². The summed E-state index contributed by atoms with van der Waals surface area (Å²) in [7, 11) is 1.69. The number of carbonyl (C=O) groups excluding carboxylic acids is 1. The van der Waals surface area contributed by atoms with E-state index in [0.717, 1.165) is 38.2 Å². The Hall–Kier alpha value is -2.08. The van der Waals surface area contributed by atoms with Gasteiger partial charge in [-0.2, -0.15) is 0 Å². The average molecular weight is 289 g/mol. The number of carbonyl (C=O) groups is 1. The maximum absolute atomic E-state index is 11.6. The Balaban J connectivity index is 1.55. The Morgan fingerprint density at radius 1 is 1.43 bits per heavy atom. The molecule has 0 bridgehead atoms. The third-order valence-electron chi connectivity index (χ3n) is 3.91. The van der Waals surface area contributed by atoms with Crippen molar-refractivity contribution >= 4 is 5.91 Å².